The summed E-state index contributed by atoms with van der Waals surface area (Å²) < 4.78 is 1.89. The summed E-state index contributed by atoms with van der Waals surface area (Å²) >= 11 is 0. The molecular formula is C16H17N3O. The lowest BCUT2D eigenvalue weighted by atomic mass is 9.89. The number of imidazole rings is 1. The van der Waals surface area contributed by atoms with Gasteiger partial charge in [-0.3, -0.25) is 9.20 Å². The summed E-state index contributed by atoms with van der Waals surface area (Å²) in [5, 5.41) is 0. The summed E-state index contributed by atoms with van der Waals surface area (Å²) in [6, 6.07) is 9.98. The molecule has 20 heavy (non-hydrogen) atoms. The molecule has 0 aliphatic heterocycles. The molecule has 3 rings (SSSR count). The predicted octanol–water partition coefficient (Wildman–Crippen LogP) is 2.99. The zero-order chi connectivity index (χ0) is 14.3. The number of rotatable bonds is 1. The summed E-state index contributed by atoms with van der Waals surface area (Å²) in [5.74, 6) is 0. The largest absolute Gasteiger partial charge is 0.324 e. The summed E-state index contributed by atoms with van der Waals surface area (Å²) in [4.78, 5) is 19.2. The third-order valence-corrected chi connectivity index (χ3v) is 3.31. The van der Waals surface area contributed by atoms with E-state index in [2.05, 4.69) is 30.7 Å². The average molecular weight is 267 g/mol. The van der Waals surface area contributed by atoms with Gasteiger partial charge in [0.25, 0.3) is 5.56 Å². The van der Waals surface area contributed by atoms with Crippen LogP contribution in [-0.4, -0.2) is 14.4 Å². The van der Waals surface area contributed by atoms with Crippen LogP contribution in [0.25, 0.3) is 16.9 Å². The van der Waals surface area contributed by atoms with Gasteiger partial charge in [0.05, 0.1) is 11.4 Å². The van der Waals surface area contributed by atoms with Crippen LogP contribution in [0.4, 0.5) is 0 Å². The van der Waals surface area contributed by atoms with Crippen LogP contribution in [0.5, 0.6) is 0 Å². The summed E-state index contributed by atoms with van der Waals surface area (Å²) in [5.41, 5.74) is 3.11. The quantitative estimate of drug-likeness (QED) is 0.737. The van der Waals surface area contributed by atoms with Crippen LogP contribution in [0, 0.1) is 0 Å². The molecule has 0 fully saturated rings. The Hall–Kier alpha value is -2.36. The van der Waals surface area contributed by atoms with E-state index in [-0.39, 0.29) is 11.0 Å². The van der Waals surface area contributed by atoms with Crippen LogP contribution < -0.4 is 5.56 Å². The number of hydrogen-bond acceptors (Lipinski definition) is 2. The number of benzene rings is 1. The first-order valence-electron chi connectivity index (χ1n) is 6.64. The predicted molar refractivity (Wildman–Crippen MR) is 79.9 cm³/mol. The van der Waals surface area contributed by atoms with Gasteiger partial charge in [-0.05, 0) is 0 Å². The summed E-state index contributed by atoms with van der Waals surface area (Å²) in [6.45, 7) is 6.39. The van der Waals surface area contributed by atoms with E-state index in [1.54, 1.807) is 6.20 Å². The van der Waals surface area contributed by atoms with Crippen molar-refractivity contribution in [1.29, 1.82) is 0 Å². The molecule has 0 aliphatic rings. The Morgan fingerprint density at radius 3 is 2.50 bits per heavy atom. The molecular weight excluding hydrogens is 250 g/mol. The van der Waals surface area contributed by atoms with Crippen molar-refractivity contribution in [2.24, 2.45) is 0 Å². The number of nitrogens with one attached hydrogen (secondary N) is 1. The highest BCUT2D eigenvalue weighted by molar-refractivity contribution is 5.67. The van der Waals surface area contributed by atoms with Gasteiger partial charge in [0.15, 0.2) is 0 Å². The van der Waals surface area contributed by atoms with Gasteiger partial charge >= 0.3 is 0 Å². The molecule has 0 bridgehead atoms. The first kappa shape index (κ1) is 12.7. The second kappa shape index (κ2) is 4.34. The van der Waals surface area contributed by atoms with Gasteiger partial charge in [0.1, 0.15) is 0 Å². The summed E-state index contributed by atoms with van der Waals surface area (Å²) in [6.07, 6.45) is 3.51. The Morgan fingerprint density at radius 2 is 1.85 bits per heavy atom. The molecule has 1 N–H and O–H groups in total. The number of hydrogen-bond donors (Lipinski definition) is 1. The van der Waals surface area contributed by atoms with Gasteiger partial charge in [-0.1, -0.05) is 51.1 Å². The SMILES string of the molecule is CC(C)(C)c1c(-c2ccccc2)nc2c(=O)[nH]ccn12. The van der Waals surface area contributed by atoms with E-state index < -0.39 is 0 Å². The first-order valence-corrected chi connectivity index (χ1v) is 6.64. The highest BCUT2D eigenvalue weighted by Gasteiger charge is 2.25. The van der Waals surface area contributed by atoms with Crippen molar-refractivity contribution >= 4 is 5.65 Å². The fourth-order valence-electron chi connectivity index (χ4n) is 2.50. The van der Waals surface area contributed by atoms with E-state index in [4.69, 9.17) is 0 Å². The van der Waals surface area contributed by atoms with E-state index in [9.17, 15) is 4.79 Å². The van der Waals surface area contributed by atoms with Gasteiger partial charge in [-0.2, -0.15) is 0 Å². The molecule has 0 unspecified atom stereocenters. The van der Waals surface area contributed by atoms with E-state index >= 15 is 0 Å². The second-order valence-electron chi connectivity index (χ2n) is 5.91. The maximum atomic E-state index is 12.0. The Kier molecular flexibility index (Phi) is 2.74. The van der Waals surface area contributed by atoms with Crippen molar-refractivity contribution in [1.82, 2.24) is 14.4 Å². The molecule has 2 aromatic heterocycles. The lowest BCUT2D eigenvalue weighted by molar-refractivity contribution is 0.565. The topological polar surface area (TPSA) is 50.2 Å². The van der Waals surface area contributed by atoms with Gasteiger partial charge in [-0.15, -0.1) is 0 Å². The van der Waals surface area contributed by atoms with Gasteiger partial charge < -0.3 is 4.98 Å². The average Bonchev–Trinajstić information content (AvgIpc) is 2.80. The van der Waals surface area contributed by atoms with Gasteiger partial charge in [-0.25, -0.2) is 4.98 Å². The van der Waals surface area contributed by atoms with Crippen LogP contribution >= 0.6 is 0 Å². The molecule has 2 heterocycles. The first-order chi connectivity index (χ1) is 9.48. The van der Waals surface area contributed by atoms with E-state index in [0.29, 0.717) is 5.65 Å². The Morgan fingerprint density at radius 1 is 1.15 bits per heavy atom. The van der Waals surface area contributed by atoms with Crippen LogP contribution in [0.3, 0.4) is 0 Å². The molecule has 0 spiro atoms. The molecule has 0 radical (unpaired) electrons. The maximum absolute atomic E-state index is 12.0. The number of H-pyrrole nitrogens is 1. The van der Waals surface area contributed by atoms with Crippen molar-refractivity contribution in [3.63, 3.8) is 0 Å². The lowest BCUT2D eigenvalue weighted by Crippen LogP contribution is -2.17. The molecule has 3 aromatic rings. The molecule has 1 aromatic carbocycles. The van der Waals surface area contributed by atoms with E-state index in [0.717, 1.165) is 17.0 Å². The number of nitrogens with zero attached hydrogens (tertiary/aromatic N) is 2. The highest BCUT2D eigenvalue weighted by Crippen LogP contribution is 2.32. The minimum Gasteiger partial charge on any atom is -0.324 e. The van der Waals surface area contributed by atoms with Crippen molar-refractivity contribution < 1.29 is 0 Å². The molecule has 0 atom stereocenters. The fourth-order valence-corrected chi connectivity index (χ4v) is 2.50. The monoisotopic (exact) mass is 267 g/mol. The Balaban J connectivity index is 2.43. The van der Waals surface area contributed by atoms with Crippen molar-refractivity contribution in [3.8, 4) is 11.3 Å². The van der Waals surface area contributed by atoms with Crippen LogP contribution in [0.2, 0.25) is 0 Å². The Labute approximate surface area is 117 Å². The van der Waals surface area contributed by atoms with Crippen LogP contribution in [0.15, 0.2) is 47.5 Å². The van der Waals surface area contributed by atoms with Crippen molar-refractivity contribution in [3.05, 3.63) is 58.8 Å². The third kappa shape index (κ3) is 1.93. The lowest BCUT2D eigenvalue weighted by Gasteiger charge is -2.20. The molecule has 0 amide bonds. The molecule has 102 valence electrons. The number of fused-ring (bicyclic) bond motifs is 1. The fraction of sp³-hybridized carbons (Fsp3) is 0.250. The van der Waals surface area contributed by atoms with E-state index in [1.165, 1.54) is 0 Å². The van der Waals surface area contributed by atoms with Crippen molar-refractivity contribution in [2.45, 2.75) is 26.2 Å². The smallest absolute Gasteiger partial charge is 0.291 e. The zero-order valence-corrected chi connectivity index (χ0v) is 11.8. The molecule has 0 aliphatic carbocycles. The summed E-state index contributed by atoms with van der Waals surface area (Å²) in [7, 11) is 0. The minimum absolute atomic E-state index is 0.113. The minimum atomic E-state index is -0.166. The van der Waals surface area contributed by atoms with Crippen molar-refractivity contribution in [2.75, 3.05) is 0 Å². The normalized spacial score (nSPS) is 11.9. The highest BCUT2D eigenvalue weighted by atomic mass is 16.1. The van der Waals surface area contributed by atoms with Crippen LogP contribution in [-0.2, 0) is 5.41 Å². The Bertz CT molecular complexity index is 807. The zero-order valence-electron chi connectivity index (χ0n) is 11.8. The standard InChI is InChI=1S/C16H17N3O/c1-16(2,3)13-12(11-7-5-4-6-8-11)18-14-15(20)17-9-10-19(13)14/h4-10H,1-3H3,(H,17,20). The van der Waals surface area contributed by atoms with E-state index in [1.807, 2.05) is 40.9 Å². The van der Waals surface area contributed by atoms with Gasteiger partial charge in [0, 0.05) is 23.4 Å². The van der Waals surface area contributed by atoms with Crippen LogP contribution in [0.1, 0.15) is 26.5 Å². The molecule has 0 saturated carbocycles. The third-order valence-electron chi connectivity index (χ3n) is 3.31. The molecule has 4 heteroatoms. The molecule has 0 saturated heterocycles. The molecule has 4 nitrogen and oxygen atoms in total. The maximum Gasteiger partial charge on any atom is 0.291 e. The second-order valence-corrected chi connectivity index (χ2v) is 5.91. The van der Waals surface area contributed by atoms with Gasteiger partial charge in [0.2, 0.25) is 5.65 Å². The number of aromatic amines is 1. The number of aromatic nitrogens is 3.